The highest BCUT2D eigenvalue weighted by atomic mass is 16.5. The van der Waals surface area contributed by atoms with Crippen molar-refractivity contribution in [1.82, 2.24) is 0 Å². The third-order valence-corrected chi connectivity index (χ3v) is 2.18. The quantitative estimate of drug-likeness (QED) is 0.589. The number of ether oxygens (including phenoxy) is 2. The van der Waals surface area contributed by atoms with Crippen molar-refractivity contribution in [3.8, 4) is 5.75 Å². The van der Waals surface area contributed by atoms with Crippen LogP contribution in [0.4, 0.5) is 5.69 Å². The summed E-state index contributed by atoms with van der Waals surface area (Å²) < 4.78 is 9.63. The van der Waals surface area contributed by atoms with Gasteiger partial charge in [-0.2, -0.15) is 0 Å². The number of carbonyl (C=O) groups is 2. The second-order valence-electron chi connectivity index (χ2n) is 3.45. The number of anilines is 1. The topological polar surface area (TPSA) is 90.7 Å². The van der Waals surface area contributed by atoms with E-state index in [9.17, 15) is 9.59 Å². The molecule has 3 N–H and O–H groups in total. The monoisotopic (exact) mass is 252 g/mol. The van der Waals surface area contributed by atoms with Crippen molar-refractivity contribution >= 4 is 17.6 Å². The third-order valence-electron chi connectivity index (χ3n) is 2.18. The summed E-state index contributed by atoms with van der Waals surface area (Å²) in [6.07, 6.45) is 0. The summed E-state index contributed by atoms with van der Waals surface area (Å²) in [7, 11) is 1.55. The van der Waals surface area contributed by atoms with Crippen LogP contribution >= 0.6 is 0 Å². The van der Waals surface area contributed by atoms with E-state index in [2.05, 4.69) is 10.1 Å². The first-order chi connectivity index (χ1) is 8.58. The number of benzene rings is 1. The van der Waals surface area contributed by atoms with Crippen molar-refractivity contribution in [2.24, 2.45) is 5.73 Å². The summed E-state index contributed by atoms with van der Waals surface area (Å²) >= 11 is 0. The molecule has 18 heavy (non-hydrogen) atoms. The molecule has 0 saturated heterocycles. The van der Waals surface area contributed by atoms with Crippen LogP contribution in [0.5, 0.6) is 5.75 Å². The Morgan fingerprint density at radius 1 is 1.33 bits per heavy atom. The highest BCUT2D eigenvalue weighted by Crippen LogP contribution is 2.14. The van der Waals surface area contributed by atoms with E-state index in [-0.39, 0.29) is 6.61 Å². The molecule has 1 rings (SSSR count). The predicted molar refractivity (Wildman–Crippen MR) is 66.2 cm³/mol. The zero-order chi connectivity index (χ0) is 13.5. The van der Waals surface area contributed by atoms with Gasteiger partial charge < -0.3 is 20.5 Å². The first-order valence-corrected chi connectivity index (χ1v) is 5.45. The Bertz CT molecular complexity index is 417. The van der Waals surface area contributed by atoms with Gasteiger partial charge in [0.1, 0.15) is 5.75 Å². The predicted octanol–water partition coefficient (Wildman–Crippen LogP) is 0.524. The van der Waals surface area contributed by atoms with E-state index in [0.717, 1.165) is 0 Å². The second-order valence-corrected chi connectivity index (χ2v) is 3.45. The molecule has 0 heterocycles. The summed E-state index contributed by atoms with van der Waals surface area (Å²) in [4.78, 5) is 22.9. The lowest BCUT2D eigenvalue weighted by Gasteiger charge is -2.11. The summed E-state index contributed by atoms with van der Waals surface area (Å²) in [6, 6.07) is 5.34. The van der Waals surface area contributed by atoms with E-state index in [1.54, 1.807) is 38.3 Å². The van der Waals surface area contributed by atoms with Gasteiger partial charge in [0, 0.05) is 5.69 Å². The molecule has 0 aliphatic rings. The molecule has 0 aliphatic heterocycles. The molecule has 6 nitrogen and oxygen atoms in total. The van der Waals surface area contributed by atoms with E-state index >= 15 is 0 Å². The fraction of sp³-hybridized carbons (Fsp3) is 0.333. The summed E-state index contributed by atoms with van der Waals surface area (Å²) in [5.74, 6) is -0.690. The van der Waals surface area contributed by atoms with Crippen LogP contribution in [0.2, 0.25) is 0 Å². The summed E-state index contributed by atoms with van der Waals surface area (Å²) in [5, 5.41) is 2.51. The maximum Gasteiger partial charge on any atom is 0.332 e. The van der Waals surface area contributed by atoms with Gasteiger partial charge in [-0.15, -0.1) is 0 Å². The van der Waals surface area contributed by atoms with Crippen LogP contribution in [0, 0.1) is 0 Å². The number of methoxy groups -OCH3 is 1. The smallest absolute Gasteiger partial charge is 0.332 e. The number of rotatable bonds is 5. The standard InChI is InChI=1S/C12H16N2O4/c1-3-18-12(16)10(13)11(15)14-8-4-6-9(17-2)7-5-8/h4-7,10H,3,13H2,1-2H3,(H,14,15). The highest BCUT2D eigenvalue weighted by molar-refractivity contribution is 6.08. The van der Waals surface area contributed by atoms with Gasteiger partial charge in [-0.25, -0.2) is 4.79 Å². The molecule has 0 saturated carbocycles. The van der Waals surface area contributed by atoms with Gasteiger partial charge in [0.25, 0.3) is 5.91 Å². The molecule has 1 atom stereocenters. The first kappa shape index (κ1) is 14.0. The second kappa shape index (κ2) is 6.61. The van der Waals surface area contributed by atoms with Crippen LogP contribution in [0.15, 0.2) is 24.3 Å². The van der Waals surface area contributed by atoms with Gasteiger partial charge in [0.2, 0.25) is 0 Å². The van der Waals surface area contributed by atoms with Crippen molar-refractivity contribution < 1.29 is 19.1 Å². The van der Waals surface area contributed by atoms with Crippen LogP contribution in [0.3, 0.4) is 0 Å². The molecule has 0 bridgehead atoms. The van der Waals surface area contributed by atoms with Crippen LogP contribution in [0.1, 0.15) is 6.92 Å². The molecule has 0 aromatic heterocycles. The average molecular weight is 252 g/mol. The van der Waals surface area contributed by atoms with Crippen molar-refractivity contribution in [2.75, 3.05) is 19.0 Å². The zero-order valence-electron chi connectivity index (χ0n) is 10.3. The lowest BCUT2D eigenvalue weighted by atomic mass is 10.2. The van der Waals surface area contributed by atoms with Crippen molar-refractivity contribution in [2.45, 2.75) is 13.0 Å². The number of nitrogens with one attached hydrogen (secondary N) is 1. The molecule has 0 fully saturated rings. The normalized spacial score (nSPS) is 11.5. The van der Waals surface area contributed by atoms with Crippen LogP contribution in [-0.4, -0.2) is 31.6 Å². The van der Waals surface area contributed by atoms with E-state index in [1.807, 2.05) is 0 Å². The van der Waals surface area contributed by atoms with Crippen LogP contribution < -0.4 is 15.8 Å². The lowest BCUT2D eigenvalue weighted by molar-refractivity contribution is -0.146. The van der Waals surface area contributed by atoms with E-state index in [1.165, 1.54) is 0 Å². The number of esters is 1. The minimum atomic E-state index is -1.33. The molecule has 1 amide bonds. The fourth-order valence-corrected chi connectivity index (χ4v) is 1.23. The SMILES string of the molecule is CCOC(=O)C(N)C(=O)Nc1ccc(OC)cc1. The van der Waals surface area contributed by atoms with Crippen LogP contribution in [0.25, 0.3) is 0 Å². The molecule has 1 unspecified atom stereocenters. The first-order valence-electron chi connectivity index (χ1n) is 5.45. The fourth-order valence-electron chi connectivity index (χ4n) is 1.23. The summed E-state index contributed by atoms with van der Waals surface area (Å²) in [5.41, 5.74) is 5.97. The molecule has 6 heteroatoms. The molecular formula is C12H16N2O4. The van der Waals surface area contributed by atoms with Gasteiger partial charge in [0.15, 0.2) is 6.04 Å². The highest BCUT2D eigenvalue weighted by Gasteiger charge is 2.23. The number of amides is 1. The molecule has 0 spiro atoms. The molecular weight excluding hydrogens is 236 g/mol. The Labute approximate surface area is 105 Å². The molecule has 98 valence electrons. The largest absolute Gasteiger partial charge is 0.497 e. The van der Waals surface area contributed by atoms with Gasteiger partial charge in [-0.1, -0.05) is 0 Å². The van der Waals surface area contributed by atoms with Crippen molar-refractivity contribution in [3.05, 3.63) is 24.3 Å². The van der Waals surface area contributed by atoms with E-state index < -0.39 is 17.9 Å². The lowest BCUT2D eigenvalue weighted by Crippen LogP contribution is -2.43. The molecule has 0 aliphatic carbocycles. The van der Waals surface area contributed by atoms with Gasteiger partial charge in [-0.3, -0.25) is 4.79 Å². The average Bonchev–Trinajstić information content (AvgIpc) is 2.39. The van der Waals surface area contributed by atoms with E-state index in [4.69, 9.17) is 10.5 Å². The number of hydrogen-bond donors (Lipinski definition) is 2. The number of carbonyl (C=O) groups excluding carboxylic acids is 2. The van der Waals surface area contributed by atoms with Crippen molar-refractivity contribution in [1.29, 1.82) is 0 Å². The zero-order valence-corrected chi connectivity index (χ0v) is 10.3. The minimum Gasteiger partial charge on any atom is -0.497 e. The Hall–Kier alpha value is -2.08. The minimum absolute atomic E-state index is 0.183. The number of hydrogen-bond acceptors (Lipinski definition) is 5. The van der Waals surface area contributed by atoms with Crippen LogP contribution in [-0.2, 0) is 14.3 Å². The van der Waals surface area contributed by atoms with E-state index in [0.29, 0.717) is 11.4 Å². The van der Waals surface area contributed by atoms with Gasteiger partial charge in [-0.05, 0) is 31.2 Å². The van der Waals surface area contributed by atoms with Crippen molar-refractivity contribution in [3.63, 3.8) is 0 Å². The van der Waals surface area contributed by atoms with Gasteiger partial charge >= 0.3 is 5.97 Å². The maximum absolute atomic E-state index is 11.6. The maximum atomic E-state index is 11.6. The Morgan fingerprint density at radius 3 is 2.44 bits per heavy atom. The Morgan fingerprint density at radius 2 is 1.94 bits per heavy atom. The molecule has 1 aromatic rings. The Balaban J connectivity index is 2.60. The molecule has 1 aromatic carbocycles. The summed E-state index contributed by atoms with van der Waals surface area (Å²) in [6.45, 7) is 1.83. The number of nitrogens with two attached hydrogens (primary N) is 1. The molecule has 0 radical (unpaired) electrons. The third kappa shape index (κ3) is 3.74. The van der Waals surface area contributed by atoms with Gasteiger partial charge in [0.05, 0.1) is 13.7 Å². The Kier molecular flexibility index (Phi) is 5.13.